The number of fused-ring (bicyclic) bond motifs is 1. The monoisotopic (exact) mass is 335 g/mol. The number of carbonyl (C=O) groups excluding carboxylic acids is 2. The van der Waals surface area contributed by atoms with E-state index in [9.17, 15) is 9.59 Å². The minimum atomic E-state index is -1.78. The Labute approximate surface area is 137 Å². The predicted molar refractivity (Wildman–Crippen MR) is 83.9 cm³/mol. The van der Waals surface area contributed by atoms with Crippen LogP contribution in [0.3, 0.4) is 0 Å². The van der Waals surface area contributed by atoms with Crippen LogP contribution in [0.5, 0.6) is 0 Å². The van der Waals surface area contributed by atoms with Crippen LogP contribution in [0.1, 0.15) is 11.1 Å². The standard InChI is InChI=1S/C16H11Cl2NO3/c17-16(18)12-8-4-5-9-13(12)19(14(16)20)15(21)22-10-11-6-2-1-3-7-11/h1-9H,10H2. The fourth-order valence-electron chi connectivity index (χ4n) is 2.26. The summed E-state index contributed by atoms with van der Waals surface area (Å²) in [7, 11) is 0. The maximum atomic E-state index is 12.3. The molecule has 1 heterocycles. The molecular formula is C16H11Cl2NO3. The van der Waals surface area contributed by atoms with E-state index in [4.69, 9.17) is 27.9 Å². The van der Waals surface area contributed by atoms with Crippen molar-refractivity contribution in [1.29, 1.82) is 0 Å². The number of ether oxygens (including phenoxy) is 1. The van der Waals surface area contributed by atoms with Gasteiger partial charge < -0.3 is 4.74 Å². The van der Waals surface area contributed by atoms with E-state index >= 15 is 0 Å². The Kier molecular flexibility index (Phi) is 3.81. The van der Waals surface area contributed by atoms with E-state index < -0.39 is 16.3 Å². The summed E-state index contributed by atoms with van der Waals surface area (Å²) in [5.74, 6) is -0.727. The number of carbonyl (C=O) groups is 2. The molecule has 0 aliphatic carbocycles. The summed E-state index contributed by atoms with van der Waals surface area (Å²) in [4.78, 5) is 25.4. The molecule has 6 heteroatoms. The Morgan fingerprint density at radius 2 is 1.68 bits per heavy atom. The molecule has 2 aromatic rings. The van der Waals surface area contributed by atoms with E-state index in [1.807, 2.05) is 30.3 Å². The molecule has 22 heavy (non-hydrogen) atoms. The van der Waals surface area contributed by atoms with E-state index in [1.54, 1.807) is 24.3 Å². The summed E-state index contributed by atoms with van der Waals surface area (Å²) in [6, 6.07) is 15.8. The molecule has 112 valence electrons. The molecule has 0 atom stereocenters. The number of benzene rings is 2. The molecule has 0 aromatic heterocycles. The van der Waals surface area contributed by atoms with Crippen LogP contribution in [0.4, 0.5) is 10.5 Å². The van der Waals surface area contributed by atoms with Crippen LogP contribution in [-0.2, 0) is 20.5 Å². The van der Waals surface area contributed by atoms with Gasteiger partial charge in [-0.3, -0.25) is 4.79 Å². The fourth-order valence-corrected chi connectivity index (χ4v) is 2.75. The summed E-state index contributed by atoms with van der Waals surface area (Å²) in [6.45, 7) is 0.0587. The van der Waals surface area contributed by atoms with E-state index in [-0.39, 0.29) is 6.61 Å². The third kappa shape index (κ3) is 2.45. The lowest BCUT2D eigenvalue weighted by molar-refractivity contribution is -0.118. The number of anilines is 1. The number of amides is 2. The van der Waals surface area contributed by atoms with Crippen molar-refractivity contribution in [3.8, 4) is 0 Å². The van der Waals surface area contributed by atoms with Crippen molar-refractivity contribution in [2.24, 2.45) is 0 Å². The lowest BCUT2D eigenvalue weighted by Crippen LogP contribution is -2.38. The van der Waals surface area contributed by atoms with Gasteiger partial charge in [0.05, 0.1) is 5.69 Å². The second-order valence-corrected chi connectivity index (χ2v) is 6.10. The molecule has 0 saturated carbocycles. The van der Waals surface area contributed by atoms with Crippen LogP contribution >= 0.6 is 23.2 Å². The van der Waals surface area contributed by atoms with Gasteiger partial charge in [-0.25, -0.2) is 9.69 Å². The first kappa shape index (κ1) is 14.9. The largest absolute Gasteiger partial charge is 0.444 e. The lowest BCUT2D eigenvalue weighted by atomic mass is 10.1. The average molecular weight is 336 g/mol. The maximum Gasteiger partial charge on any atom is 0.421 e. The van der Waals surface area contributed by atoms with Gasteiger partial charge in [0, 0.05) is 5.56 Å². The Balaban J connectivity index is 1.83. The highest BCUT2D eigenvalue weighted by Gasteiger charge is 2.51. The molecule has 2 amide bonds. The molecule has 0 saturated heterocycles. The van der Waals surface area contributed by atoms with E-state index in [2.05, 4.69) is 0 Å². The third-order valence-electron chi connectivity index (χ3n) is 3.34. The zero-order valence-electron chi connectivity index (χ0n) is 11.3. The number of hydrogen-bond donors (Lipinski definition) is 0. The summed E-state index contributed by atoms with van der Waals surface area (Å²) in [5, 5.41) is 0. The molecule has 0 N–H and O–H groups in total. The smallest absolute Gasteiger partial charge is 0.421 e. The summed E-state index contributed by atoms with van der Waals surface area (Å²) >= 11 is 12.1. The van der Waals surface area contributed by atoms with Crippen LogP contribution in [-0.4, -0.2) is 12.0 Å². The topological polar surface area (TPSA) is 46.6 Å². The fraction of sp³-hybridized carbons (Fsp3) is 0.125. The van der Waals surface area contributed by atoms with E-state index in [0.717, 1.165) is 10.5 Å². The first-order valence-corrected chi connectivity index (χ1v) is 7.30. The highest BCUT2D eigenvalue weighted by molar-refractivity contribution is 6.61. The molecule has 0 unspecified atom stereocenters. The normalized spacial score (nSPS) is 15.5. The van der Waals surface area contributed by atoms with Gasteiger partial charge in [0.15, 0.2) is 0 Å². The van der Waals surface area contributed by atoms with Crippen LogP contribution in [0.15, 0.2) is 54.6 Å². The molecule has 0 radical (unpaired) electrons. The van der Waals surface area contributed by atoms with Gasteiger partial charge in [-0.15, -0.1) is 0 Å². The highest BCUT2D eigenvalue weighted by Crippen LogP contribution is 2.47. The SMILES string of the molecule is O=C(OCc1ccccc1)N1C(=O)C(Cl)(Cl)c2ccccc21. The van der Waals surface area contributed by atoms with E-state index in [0.29, 0.717) is 11.3 Å². The molecular weight excluding hydrogens is 325 g/mol. The van der Waals surface area contributed by atoms with Crippen LogP contribution in [0, 0.1) is 0 Å². The van der Waals surface area contributed by atoms with Crippen molar-refractivity contribution in [3.05, 3.63) is 65.7 Å². The van der Waals surface area contributed by atoms with Gasteiger partial charge in [0.1, 0.15) is 6.61 Å². The Morgan fingerprint density at radius 1 is 1.05 bits per heavy atom. The number of imide groups is 1. The zero-order valence-corrected chi connectivity index (χ0v) is 12.8. The van der Waals surface area contributed by atoms with Crippen LogP contribution < -0.4 is 4.90 Å². The van der Waals surface area contributed by atoms with E-state index in [1.165, 1.54) is 0 Å². The predicted octanol–water partition coefficient (Wildman–Crippen LogP) is 4.00. The first-order valence-electron chi connectivity index (χ1n) is 6.54. The van der Waals surface area contributed by atoms with Crippen molar-refractivity contribution < 1.29 is 14.3 Å². The Bertz CT molecular complexity index is 731. The maximum absolute atomic E-state index is 12.3. The van der Waals surface area contributed by atoms with Crippen molar-refractivity contribution >= 4 is 40.9 Å². The number of nitrogens with zero attached hydrogens (tertiary/aromatic N) is 1. The molecule has 2 aromatic carbocycles. The molecule has 0 bridgehead atoms. The quantitative estimate of drug-likeness (QED) is 0.779. The summed E-state index contributed by atoms with van der Waals surface area (Å²) < 4.78 is 3.41. The molecule has 1 aliphatic heterocycles. The van der Waals surface area contributed by atoms with Crippen LogP contribution in [0.25, 0.3) is 0 Å². The van der Waals surface area contributed by atoms with Gasteiger partial charge in [0.25, 0.3) is 5.91 Å². The van der Waals surface area contributed by atoms with Gasteiger partial charge in [0.2, 0.25) is 4.33 Å². The number of para-hydroxylation sites is 1. The van der Waals surface area contributed by atoms with Crippen molar-refractivity contribution in [3.63, 3.8) is 0 Å². The highest BCUT2D eigenvalue weighted by atomic mass is 35.5. The van der Waals surface area contributed by atoms with Crippen molar-refractivity contribution in [1.82, 2.24) is 0 Å². The number of alkyl halides is 2. The first-order chi connectivity index (χ1) is 10.5. The van der Waals surface area contributed by atoms with Crippen LogP contribution in [0.2, 0.25) is 0 Å². The third-order valence-corrected chi connectivity index (χ3v) is 4.07. The average Bonchev–Trinajstić information content (AvgIpc) is 2.74. The van der Waals surface area contributed by atoms with Gasteiger partial charge in [-0.05, 0) is 11.6 Å². The molecule has 4 nitrogen and oxygen atoms in total. The number of rotatable bonds is 2. The molecule has 0 fully saturated rings. The minimum Gasteiger partial charge on any atom is -0.444 e. The molecule has 1 aliphatic rings. The number of halogens is 2. The molecule has 0 spiro atoms. The zero-order chi connectivity index (χ0) is 15.7. The summed E-state index contributed by atoms with van der Waals surface area (Å²) in [6.07, 6.45) is -0.801. The van der Waals surface area contributed by atoms with Crippen molar-refractivity contribution in [2.45, 2.75) is 10.9 Å². The molecule has 3 rings (SSSR count). The van der Waals surface area contributed by atoms with Crippen molar-refractivity contribution in [2.75, 3.05) is 4.90 Å². The Morgan fingerprint density at radius 3 is 2.41 bits per heavy atom. The second kappa shape index (κ2) is 5.63. The lowest BCUT2D eigenvalue weighted by Gasteiger charge is -2.16. The second-order valence-electron chi connectivity index (χ2n) is 4.77. The number of hydrogen-bond acceptors (Lipinski definition) is 3. The Hall–Kier alpha value is -2.04. The van der Waals surface area contributed by atoms with Gasteiger partial charge in [-0.1, -0.05) is 71.7 Å². The van der Waals surface area contributed by atoms with Gasteiger partial charge >= 0.3 is 6.09 Å². The minimum absolute atomic E-state index is 0.0587. The summed E-state index contributed by atoms with van der Waals surface area (Å²) in [5.41, 5.74) is 1.54. The van der Waals surface area contributed by atoms with Gasteiger partial charge in [-0.2, -0.15) is 0 Å².